The lowest BCUT2D eigenvalue weighted by atomic mass is 9.95. The van der Waals surface area contributed by atoms with Crippen LogP contribution in [0.3, 0.4) is 0 Å². The highest BCUT2D eigenvalue weighted by Gasteiger charge is 2.35. The zero-order valence-corrected chi connectivity index (χ0v) is 11.8. The highest BCUT2D eigenvalue weighted by molar-refractivity contribution is 7.15. The van der Waals surface area contributed by atoms with Crippen molar-refractivity contribution in [1.29, 1.82) is 0 Å². The van der Waals surface area contributed by atoms with Crippen LogP contribution in [0.15, 0.2) is 30.3 Å². The molecule has 108 valence electrons. The summed E-state index contributed by atoms with van der Waals surface area (Å²) in [5.41, 5.74) is 1.12. The Labute approximate surface area is 118 Å². The Bertz CT molecular complexity index is 553. The van der Waals surface area contributed by atoms with E-state index in [9.17, 15) is 13.2 Å². The maximum absolute atomic E-state index is 12.4. The van der Waals surface area contributed by atoms with Crippen molar-refractivity contribution in [3.05, 3.63) is 40.9 Å². The molecule has 0 amide bonds. The highest BCUT2D eigenvalue weighted by atomic mass is 32.1. The van der Waals surface area contributed by atoms with E-state index in [1.165, 1.54) is 0 Å². The van der Waals surface area contributed by atoms with Crippen molar-refractivity contribution in [3.8, 4) is 0 Å². The fraction of sp³-hybridized carbons (Fsp3) is 0.385. The van der Waals surface area contributed by atoms with Crippen molar-refractivity contribution >= 4 is 16.5 Å². The summed E-state index contributed by atoms with van der Waals surface area (Å²) in [7, 11) is 0. The normalized spacial score (nSPS) is 14.8. The Hall–Kier alpha value is -1.63. The lowest BCUT2D eigenvalue weighted by Gasteiger charge is -2.21. The van der Waals surface area contributed by atoms with E-state index in [2.05, 4.69) is 15.5 Å². The quantitative estimate of drug-likeness (QED) is 0.921. The number of nitrogens with one attached hydrogen (secondary N) is 1. The largest absolute Gasteiger partial charge is 0.445 e. The molecular formula is C13H14F3N3S. The highest BCUT2D eigenvalue weighted by Crippen LogP contribution is 2.33. The number of alkyl halides is 3. The minimum absolute atomic E-state index is 0.0496. The first-order chi connectivity index (χ1) is 9.38. The van der Waals surface area contributed by atoms with Gasteiger partial charge in [0.1, 0.15) is 0 Å². The molecule has 0 saturated heterocycles. The molecule has 1 aromatic carbocycles. The molecule has 2 rings (SSSR count). The molecule has 2 unspecified atom stereocenters. The molecule has 2 atom stereocenters. The van der Waals surface area contributed by atoms with E-state index in [-0.39, 0.29) is 17.1 Å². The maximum Gasteiger partial charge on any atom is 0.445 e. The molecule has 0 spiro atoms. The van der Waals surface area contributed by atoms with Gasteiger partial charge in [0, 0.05) is 12.0 Å². The minimum Gasteiger partial charge on any atom is -0.357 e. The van der Waals surface area contributed by atoms with Crippen LogP contribution in [0.25, 0.3) is 0 Å². The molecule has 3 nitrogen and oxygen atoms in total. The van der Waals surface area contributed by atoms with Gasteiger partial charge >= 0.3 is 6.18 Å². The van der Waals surface area contributed by atoms with E-state index in [1.807, 2.05) is 44.2 Å². The fourth-order valence-corrected chi connectivity index (χ4v) is 2.47. The van der Waals surface area contributed by atoms with E-state index >= 15 is 0 Å². The summed E-state index contributed by atoms with van der Waals surface area (Å²) in [6.45, 7) is 3.92. The number of hydrogen-bond donors (Lipinski definition) is 1. The number of hydrogen-bond acceptors (Lipinski definition) is 4. The third-order valence-corrected chi connectivity index (χ3v) is 3.99. The van der Waals surface area contributed by atoms with Crippen molar-refractivity contribution in [2.24, 2.45) is 0 Å². The summed E-state index contributed by atoms with van der Waals surface area (Å²) in [5, 5.41) is 8.92. The molecule has 2 aromatic rings. The van der Waals surface area contributed by atoms with Gasteiger partial charge in [0.2, 0.25) is 10.1 Å². The first-order valence-electron chi connectivity index (χ1n) is 6.10. The average molecular weight is 301 g/mol. The van der Waals surface area contributed by atoms with Crippen molar-refractivity contribution in [1.82, 2.24) is 10.2 Å². The van der Waals surface area contributed by atoms with Crippen LogP contribution in [-0.4, -0.2) is 16.2 Å². The van der Waals surface area contributed by atoms with E-state index in [0.29, 0.717) is 11.3 Å². The third-order valence-electron chi connectivity index (χ3n) is 3.09. The number of nitrogens with zero attached hydrogens (tertiary/aromatic N) is 2. The van der Waals surface area contributed by atoms with Crippen molar-refractivity contribution in [2.45, 2.75) is 32.0 Å². The van der Waals surface area contributed by atoms with Crippen LogP contribution in [0.5, 0.6) is 0 Å². The Kier molecular flexibility index (Phi) is 4.27. The maximum atomic E-state index is 12.4. The van der Waals surface area contributed by atoms with Crippen molar-refractivity contribution < 1.29 is 13.2 Å². The number of rotatable bonds is 4. The van der Waals surface area contributed by atoms with Crippen LogP contribution < -0.4 is 5.32 Å². The molecular weight excluding hydrogens is 287 g/mol. The smallest absolute Gasteiger partial charge is 0.357 e. The summed E-state index contributed by atoms with van der Waals surface area (Å²) < 4.78 is 37.3. The van der Waals surface area contributed by atoms with Gasteiger partial charge in [-0.1, -0.05) is 48.6 Å². The lowest BCUT2D eigenvalue weighted by molar-refractivity contribution is -0.138. The van der Waals surface area contributed by atoms with Crippen LogP contribution in [0.2, 0.25) is 0 Å². The van der Waals surface area contributed by atoms with Gasteiger partial charge in [-0.05, 0) is 12.5 Å². The standard InChI is InChI=1S/C13H14F3N3S/c1-8(10-6-4-3-5-7-10)9(2)17-12-19-18-11(20-12)13(14,15)16/h3-9H,1-2H3,(H,17,19). The van der Waals surface area contributed by atoms with E-state index in [1.54, 1.807) is 0 Å². The average Bonchev–Trinajstić information content (AvgIpc) is 2.87. The summed E-state index contributed by atoms with van der Waals surface area (Å²) in [5.74, 6) is 0.148. The van der Waals surface area contributed by atoms with Gasteiger partial charge in [-0.25, -0.2) is 0 Å². The topological polar surface area (TPSA) is 37.8 Å². The first-order valence-corrected chi connectivity index (χ1v) is 6.91. The number of aromatic nitrogens is 2. The first kappa shape index (κ1) is 14.8. The van der Waals surface area contributed by atoms with Crippen molar-refractivity contribution in [2.75, 3.05) is 5.32 Å². The molecule has 1 N–H and O–H groups in total. The second kappa shape index (κ2) is 5.78. The number of anilines is 1. The van der Waals surface area contributed by atoms with Gasteiger partial charge in [-0.15, -0.1) is 10.2 Å². The molecule has 0 saturated carbocycles. The predicted octanol–water partition coefficient (Wildman–Crippen LogP) is 4.16. The van der Waals surface area contributed by atoms with E-state index in [4.69, 9.17) is 0 Å². The summed E-state index contributed by atoms with van der Waals surface area (Å²) >= 11 is 0.522. The van der Waals surface area contributed by atoms with Crippen molar-refractivity contribution in [3.63, 3.8) is 0 Å². The summed E-state index contributed by atoms with van der Waals surface area (Å²) in [6.07, 6.45) is -4.44. The van der Waals surface area contributed by atoms with Crippen LogP contribution in [0, 0.1) is 0 Å². The molecule has 7 heteroatoms. The molecule has 0 fully saturated rings. The lowest BCUT2D eigenvalue weighted by Crippen LogP contribution is -2.22. The van der Waals surface area contributed by atoms with E-state index < -0.39 is 11.2 Å². The van der Waals surface area contributed by atoms with Gasteiger partial charge in [-0.3, -0.25) is 0 Å². The molecule has 0 aliphatic carbocycles. The molecule has 1 aromatic heterocycles. The Morgan fingerprint density at radius 3 is 2.30 bits per heavy atom. The van der Waals surface area contributed by atoms with Gasteiger partial charge in [0.25, 0.3) is 0 Å². The van der Waals surface area contributed by atoms with Crippen LogP contribution >= 0.6 is 11.3 Å². The SMILES string of the molecule is CC(Nc1nnc(C(F)(F)F)s1)C(C)c1ccccc1. The second-order valence-corrected chi connectivity index (χ2v) is 5.52. The Morgan fingerprint density at radius 1 is 1.10 bits per heavy atom. The summed E-state index contributed by atoms with van der Waals surface area (Å²) in [6, 6.07) is 9.73. The Balaban J connectivity index is 2.04. The minimum atomic E-state index is -4.44. The molecule has 0 radical (unpaired) electrons. The van der Waals surface area contributed by atoms with Gasteiger partial charge in [-0.2, -0.15) is 13.2 Å². The van der Waals surface area contributed by atoms with Gasteiger partial charge in [0.05, 0.1) is 0 Å². The van der Waals surface area contributed by atoms with Crippen LogP contribution in [-0.2, 0) is 6.18 Å². The van der Waals surface area contributed by atoms with Crippen LogP contribution in [0.4, 0.5) is 18.3 Å². The zero-order chi connectivity index (χ0) is 14.8. The number of halogens is 3. The Morgan fingerprint density at radius 2 is 1.75 bits per heavy atom. The van der Waals surface area contributed by atoms with Gasteiger partial charge in [0.15, 0.2) is 0 Å². The number of benzene rings is 1. The molecule has 0 aliphatic heterocycles. The zero-order valence-electron chi connectivity index (χ0n) is 11.0. The molecule has 0 aliphatic rings. The summed E-state index contributed by atoms with van der Waals surface area (Å²) in [4.78, 5) is 0. The van der Waals surface area contributed by atoms with Gasteiger partial charge < -0.3 is 5.32 Å². The molecule has 0 bridgehead atoms. The van der Waals surface area contributed by atoms with E-state index in [0.717, 1.165) is 5.56 Å². The third kappa shape index (κ3) is 3.47. The molecule has 1 heterocycles. The fourth-order valence-electron chi connectivity index (χ4n) is 1.76. The van der Waals surface area contributed by atoms with Crippen LogP contribution in [0.1, 0.15) is 30.3 Å². The molecule has 20 heavy (non-hydrogen) atoms. The second-order valence-electron chi connectivity index (χ2n) is 4.54. The monoisotopic (exact) mass is 301 g/mol. The predicted molar refractivity (Wildman–Crippen MR) is 72.9 cm³/mol.